The lowest BCUT2D eigenvalue weighted by Gasteiger charge is -2.32. The monoisotopic (exact) mass is 351 g/mol. The van der Waals surface area contributed by atoms with E-state index in [0.717, 1.165) is 19.3 Å². The Morgan fingerprint density at radius 1 is 1.00 bits per heavy atom. The van der Waals surface area contributed by atoms with Crippen LogP contribution in [0.3, 0.4) is 0 Å². The summed E-state index contributed by atoms with van der Waals surface area (Å²) in [4.78, 5) is 14.0. The zero-order valence-corrected chi connectivity index (χ0v) is 15.2. The van der Waals surface area contributed by atoms with Gasteiger partial charge in [0.15, 0.2) is 11.6 Å². The summed E-state index contributed by atoms with van der Waals surface area (Å²) in [6.07, 6.45) is 2.84. The van der Waals surface area contributed by atoms with E-state index in [4.69, 9.17) is 9.31 Å². The van der Waals surface area contributed by atoms with Gasteiger partial charge in [0, 0.05) is 18.6 Å². The Bertz CT molecular complexity index is 671. The SMILES string of the molecule is CC1(C)OB(c2ccc(C(=O)N3CCCCC3)c(F)c2F)OC1(C)C. The Labute approximate surface area is 147 Å². The Morgan fingerprint density at radius 2 is 1.56 bits per heavy atom. The molecule has 0 spiro atoms. The third-order valence-corrected chi connectivity index (χ3v) is 5.49. The predicted octanol–water partition coefficient (Wildman–Crippen LogP) is 2.89. The number of hydrogen-bond acceptors (Lipinski definition) is 3. The fourth-order valence-corrected chi connectivity index (χ4v) is 3.15. The molecule has 4 nitrogen and oxygen atoms in total. The van der Waals surface area contributed by atoms with Gasteiger partial charge >= 0.3 is 7.12 Å². The topological polar surface area (TPSA) is 38.8 Å². The summed E-state index contributed by atoms with van der Waals surface area (Å²) in [6.45, 7) is 8.54. The maximum Gasteiger partial charge on any atom is 0.497 e. The lowest BCUT2D eigenvalue weighted by atomic mass is 9.78. The number of carbonyl (C=O) groups is 1. The quantitative estimate of drug-likeness (QED) is 0.770. The summed E-state index contributed by atoms with van der Waals surface area (Å²) < 4.78 is 40.8. The molecular formula is C18H24BF2NO3. The average molecular weight is 351 g/mol. The van der Waals surface area contributed by atoms with Crippen LogP contribution in [0.2, 0.25) is 0 Å². The van der Waals surface area contributed by atoms with Crippen LogP contribution >= 0.6 is 0 Å². The lowest BCUT2D eigenvalue weighted by Crippen LogP contribution is -2.41. The molecule has 0 saturated carbocycles. The molecule has 0 unspecified atom stereocenters. The van der Waals surface area contributed by atoms with Crippen LogP contribution in [0.5, 0.6) is 0 Å². The predicted molar refractivity (Wildman–Crippen MR) is 91.8 cm³/mol. The molecule has 7 heteroatoms. The van der Waals surface area contributed by atoms with Gasteiger partial charge in [0.05, 0.1) is 16.8 Å². The van der Waals surface area contributed by atoms with Crippen molar-refractivity contribution in [3.63, 3.8) is 0 Å². The van der Waals surface area contributed by atoms with Gasteiger partial charge < -0.3 is 14.2 Å². The van der Waals surface area contributed by atoms with E-state index in [9.17, 15) is 13.6 Å². The molecule has 0 radical (unpaired) electrons. The summed E-state index contributed by atoms with van der Waals surface area (Å²) >= 11 is 0. The second kappa shape index (κ2) is 6.36. The first-order chi connectivity index (χ1) is 11.6. The van der Waals surface area contributed by atoms with Crippen molar-refractivity contribution in [3.05, 3.63) is 29.3 Å². The van der Waals surface area contributed by atoms with Crippen LogP contribution in [-0.2, 0) is 9.31 Å². The van der Waals surface area contributed by atoms with E-state index in [2.05, 4.69) is 0 Å². The van der Waals surface area contributed by atoms with Crippen molar-refractivity contribution < 1.29 is 22.9 Å². The first-order valence-corrected chi connectivity index (χ1v) is 8.77. The Morgan fingerprint density at radius 3 is 2.12 bits per heavy atom. The smallest absolute Gasteiger partial charge is 0.399 e. The number of likely N-dealkylation sites (tertiary alicyclic amines) is 1. The summed E-state index contributed by atoms with van der Waals surface area (Å²) in [6, 6.07) is 2.72. The lowest BCUT2D eigenvalue weighted by molar-refractivity contribution is 0.00578. The highest BCUT2D eigenvalue weighted by Crippen LogP contribution is 2.36. The molecule has 2 aliphatic rings. The van der Waals surface area contributed by atoms with Crippen molar-refractivity contribution >= 4 is 18.5 Å². The number of benzene rings is 1. The fraction of sp³-hybridized carbons (Fsp3) is 0.611. The number of halogens is 2. The molecular weight excluding hydrogens is 327 g/mol. The minimum atomic E-state index is -1.14. The third kappa shape index (κ3) is 3.20. The van der Waals surface area contributed by atoms with Crippen LogP contribution in [0.4, 0.5) is 8.78 Å². The van der Waals surface area contributed by atoms with E-state index >= 15 is 0 Å². The van der Waals surface area contributed by atoms with E-state index in [1.54, 1.807) is 4.90 Å². The van der Waals surface area contributed by atoms with Gasteiger partial charge in [0.2, 0.25) is 0 Å². The molecule has 1 aromatic carbocycles. The van der Waals surface area contributed by atoms with Gasteiger partial charge in [-0.25, -0.2) is 8.78 Å². The van der Waals surface area contributed by atoms with Crippen LogP contribution in [0, 0.1) is 11.6 Å². The molecule has 3 rings (SSSR count). The minimum Gasteiger partial charge on any atom is -0.399 e. The van der Waals surface area contributed by atoms with E-state index in [1.165, 1.54) is 12.1 Å². The standard InChI is InChI=1S/C18H24BF2NO3/c1-17(2)18(3,4)25-19(24-17)13-9-8-12(14(20)15(13)21)16(23)22-10-6-5-7-11-22/h8-9H,5-7,10-11H2,1-4H3. The van der Waals surface area contributed by atoms with Crippen molar-refractivity contribution in [2.45, 2.75) is 58.2 Å². The van der Waals surface area contributed by atoms with Crippen LogP contribution in [0.25, 0.3) is 0 Å². The van der Waals surface area contributed by atoms with Crippen LogP contribution in [-0.4, -0.2) is 42.2 Å². The van der Waals surface area contributed by atoms with Gasteiger partial charge in [-0.2, -0.15) is 0 Å². The molecule has 25 heavy (non-hydrogen) atoms. The maximum atomic E-state index is 14.6. The van der Waals surface area contributed by atoms with Gasteiger partial charge in [-0.05, 0) is 53.0 Å². The van der Waals surface area contributed by atoms with E-state index in [0.29, 0.717) is 13.1 Å². The second-order valence-electron chi connectivity index (χ2n) is 7.77. The molecule has 0 aliphatic carbocycles. The summed E-state index contributed by atoms with van der Waals surface area (Å²) in [5, 5.41) is 0. The molecule has 136 valence electrons. The first-order valence-electron chi connectivity index (χ1n) is 8.77. The highest BCUT2D eigenvalue weighted by molar-refractivity contribution is 6.62. The van der Waals surface area contributed by atoms with E-state index < -0.39 is 35.9 Å². The van der Waals surface area contributed by atoms with Crippen molar-refractivity contribution in [1.82, 2.24) is 4.90 Å². The largest absolute Gasteiger partial charge is 0.497 e. The molecule has 2 heterocycles. The molecule has 2 fully saturated rings. The molecule has 0 N–H and O–H groups in total. The molecule has 2 aliphatic heterocycles. The zero-order valence-electron chi connectivity index (χ0n) is 15.2. The zero-order chi connectivity index (χ0) is 18.4. The summed E-state index contributed by atoms with van der Waals surface area (Å²) in [5.74, 6) is -2.68. The summed E-state index contributed by atoms with van der Waals surface area (Å²) in [7, 11) is -1.00. The molecule has 2 saturated heterocycles. The van der Waals surface area contributed by atoms with Crippen LogP contribution in [0.15, 0.2) is 12.1 Å². The van der Waals surface area contributed by atoms with Gasteiger partial charge in [-0.15, -0.1) is 0 Å². The normalized spacial score (nSPS) is 22.3. The molecule has 1 aromatic rings. The van der Waals surface area contributed by atoms with Crippen molar-refractivity contribution in [3.8, 4) is 0 Å². The molecule has 0 atom stereocenters. The number of hydrogen-bond donors (Lipinski definition) is 0. The van der Waals surface area contributed by atoms with Gasteiger partial charge in [0.1, 0.15) is 0 Å². The first kappa shape index (κ1) is 18.3. The van der Waals surface area contributed by atoms with Crippen LogP contribution < -0.4 is 5.46 Å². The summed E-state index contributed by atoms with van der Waals surface area (Å²) in [5.41, 5.74) is -1.56. The minimum absolute atomic E-state index is 0.0219. The van der Waals surface area contributed by atoms with Crippen molar-refractivity contribution in [1.29, 1.82) is 0 Å². The van der Waals surface area contributed by atoms with Gasteiger partial charge in [0.25, 0.3) is 5.91 Å². The number of carbonyl (C=O) groups excluding carboxylic acids is 1. The average Bonchev–Trinajstić information content (AvgIpc) is 2.78. The number of piperidine rings is 1. The van der Waals surface area contributed by atoms with Gasteiger partial charge in [-0.1, -0.05) is 6.07 Å². The van der Waals surface area contributed by atoms with Crippen LogP contribution in [0.1, 0.15) is 57.3 Å². The highest BCUT2D eigenvalue weighted by Gasteiger charge is 2.52. The van der Waals surface area contributed by atoms with E-state index in [1.807, 2.05) is 27.7 Å². The van der Waals surface area contributed by atoms with Gasteiger partial charge in [-0.3, -0.25) is 4.79 Å². The third-order valence-electron chi connectivity index (χ3n) is 5.49. The molecule has 1 amide bonds. The number of amides is 1. The Kier molecular flexibility index (Phi) is 4.66. The Hall–Kier alpha value is -1.47. The van der Waals surface area contributed by atoms with E-state index in [-0.39, 0.29) is 11.0 Å². The number of rotatable bonds is 2. The second-order valence-corrected chi connectivity index (χ2v) is 7.77. The fourth-order valence-electron chi connectivity index (χ4n) is 3.15. The molecule has 0 bridgehead atoms. The highest BCUT2D eigenvalue weighted by atomic mass is 19.2. The molecule has 0 aromatic heterocycles. The number of nitrogens with zero attached hydrogens (tertiary/aromatic N) is 1. The Balaban J connectivity index is 1.87. The van der Waals surface area contributed by atoms with Crippen molar-refractivity contribution in [2.75, 3.05) is 13.1 Å². The van der Waals surface area contributed by atoms with Crippen molar-refractivity contribution in [2.24, 2.45) is 0 Å². The maximum absolute atomic E-state index is 14.6.